The van der Waals surface area contributed by atoms with Crippen molar-refractivity contribution in [1.82, 2.24) is 5.32 Å². The Morgan fingerprint density at radius 2 is 1.86 bits per heavy atom. The maximum absolute atomic E-state index is 13.6. The maximum atomic E-state index is 13.6. The largest absolute Gasteiger partial charge is 0.432 e. The molecule has 3 aromatic rings. The molecule has 1 N–H and O–H groups in total. The average Bonchev–Trinajstić information content (AvgIpc) is 2.73. The zero-order valence-corrected chi connectivity index (χ0v) is 15.7. The van der Waals surface area contributed by atoms with Gasteiger partial charge in [-0.25, -0.2) is 4.79 Å². The lowest BCUT2D eigenvalue weighted by Crippen LogP contribution is -2.43. The third kappa shape index (κ3) is 3.46. The molecule has 2 aliphatic heterocycles. The second kappa shape index (κ2) is 6.84. The molecule has 0 aliphatic carbocycles. The fourth-order valence-electron chi connectivity index (χ4n) is 3.94. The van der Waals surface area contributed by atoms with E-state index in [-0.39, 0.29) is 18.6 Å². The predicted octanol–water partition coefficient (Wildman–Crippen LogP) is 3.79. The number of nitrogens with zero attached hydrogens (tertiary/aromatic N) is 1. The van der Waals surface area contributed by atoms with Crippen molar-refractivity contribution in [3.63, 3.8) is 0 Å². The van der Waals surface area contributed by atoms with E-state index in [0.717, 1.165) is 42.8 Å². The van der Waals surface area contributed by atoms with Gasteiger partial charge in [0, 0.05) is 37.4 Å². The molecule has 1 aromatic heterocycles. The summed E-state index contributed by atoms with van der Waals surface area (Å²) >= 11 is 0. The van der Waals surface area contributed by atoms with Crippen LogP contribution in [0, 0.1) is 0 Å². The second-order valence-electron chi connectivity index (χ2n) is 7.47. The van der Waals surface area contributed by atoms with Gasteiger partial charge in [-0.05, 0) is 41.6 Å². The van der Waals surface area contributed by atoms with Crippen LogP contribution in [0.3, 0.4) is 0 Å². The predicted molar refractivity (Wildman–Crippen MR) is 107 cm³/mol. The summed E-state index contributed by atoms with van der Waals surface area (Å²) in [5.41, 5.74) is 1.80. The normalized spacial score (nSPS) is 18.3. The fourth-order valence-corrected chi connectivity index (χ4v) is 3.94. The Morgan fingerprint density at radius 3 is 2.69 bits per heavy atom. The molecule has 0 radical (unpaired) electrons. The number of hydrogen-bond donors (Lipinski definition) is 1. The lowest BCUT2D eigenvalue weighted by atomic mass is 10.0. The first-order valence-electron chi connectivity index (χ1n) is 9.72. The summed E-state index contributed by atoms with van der Waals surface area (Å²) in [7, 11) is 0. The average molecular weight is 398 g/mol. The lowest BCUT2D eigenvalue weighted by Gasteiger charge is -2.29. The molecule has 2 aromatic carbocycles. The monoisotopic (exact) mass is 398 g/mol. The van der Waals surface area contributed by atoms with Crippen LogP contribution in [0.1, 0.15) is 12.0 Å². The van der Waals surface area contributed by atoms with Crippen LogP contribution >= 0.6 is 0 Å². The number of fused-ring (bicyclic) bond motifs is 2. The summed E-state index contributed by atoms with van der Waals surface area (Å²) in [6, 6.07) is 12.5. The number of nitrogens with one attached hydrogen (secondary N) is 1. The molecular formula is C22H20F2N2O3. The van der Waals surface area contributed by atoms with Crippen molar-refractivity contribution in [1.29, 1.82) is 0 Å². The van der Waals surface area contributed by atoms with Gasteiger partial charge < -0.3 is 19.4 Å². The molecule has 1 saturated heterocycles. The van der Waals surface area contributed by atoms with E-state index in [2.05, 4.69) is 10.2 Å². The third-order valence-electron chi connectivity index (χ3n) is 5.52. The van der Waals surface area contributed by atoms with E-state index in [0.29, 0.717) is 16.7 Å². The number of benzene rings is 2. The minimum absolute atomic E-state index is 0.135. The van der Waals surface area contributed by atoms with Gasteiger partial charge in [0.15, 0.2) is 0 Å². The van der Waals surface area contributed by atoms with Crippen LogP contribution in [0.5, 0.6) is 5.75 Å². The number of ether oxygens (including phenoxy) is 1. The van der Waals surface area contributed by atoms with E-state index in [9.17, 15) is 13.6 Å². The maximum Gasteiger partial charge on any atom is 0.398 e. The summed E-state index contributed by atoms with van der Waals surface area (Å²) in [6.45, 7) is 3.58. The summed E-state index contributed by atoms with van der Waals surface area (Å²) in [5.74, 6) is 0.466. The van der Waals surface area contributed by atoms with Crippen LogP contribution in [-0.2, 0) is 6.42 Å². The van der Waals surface area contributed by atoms with Crippen molar-refractivity contribution in [3.05, 3.63) is 58.4 Å². The van der Waals surface area contributed by atoms with Crippen molar-refractivity contribution in [2.24, 2.45) is 0 Å². The molecule has 29 heavy (non-hydrogen) atoms. The Morgan fingerprint density at radius 1 is 1.03 bits per heavy atom. The minimum atomic E-state index is -3.17. The number of halogens is 2. The molecule has 7 heteroatoms. The van der Waals surface area contributed by atoms with Crippen LogP contribution in [0.4, 0.5) is 14.5 Å². The molecule has 0 unspecified atom stereocenters. The highest BCUT2D eigenvalue weighted by molar-refractivity contribution is 5.87. The van der Waals surface area contributed by atoms with Crippen molar-refractivity contribution in [2.75, 3.05) is 31.1 Å². The quantitative estimate of drug-likeness (QED) is 0.712. The van der Waals surface area contributed by atoms with Crippen LogP contribution in [0.25, 0.3) is 22.1 Å². The zero-order valence-electron chi connectivity index (χ0n) is 15.7. The zero-order chi connectivity index (χ0) is 20.0. The lowest BCUT2D eigenvalue weighted by molar-refractivity contribution is -0.186. The molecule has 0 saturated carbocycles. The van der Waals surface area contributed by atoms with Crippen molar-refractivity contribution < 1.29 is 17.9 Å². The molecule has 2 aliphatic rings. The van der Waals surface area contributed by atoms with E-state index in [1.54, 1.807) is 18.2 Å². The number of alkyl halides is 2. The van der Waals surface area contributed by atoms with E-state index >= 15 is 0 Å². The van der Waals surface area contributed by atoms with E-state index in [4.69, 9.17) is 9.15 Å². The summed E-state index contributed by atoms with van der Waals surface area (Å²) in [4.78, 5) is 14.9. The topological polar surface area (TPSA) is 54.7 Å². The third-order valence-corrected chi connectivity index (χ3v) is 5.52. The van der Waals surface area contributed by atoms with Gasteiger partial charge in [0.2, 0.25) is 0 Å². The molecule has 5 nitrogen and oxygen atoms in total. The smallest absolute Gasteiger partial charge is 0.398 e. The van der Waals surface area contributed by atoms with E-state index in [1.165, 1.54) is 6.07 Å². The molecule has 0 atom stereocenters. The van der Waals surface area contributed by atoms with Crippen LogP contribution in [0.15, 0.2) is 51.7 Å². The van der Waals surface area contributed by atoms with Gasteiger partial charge in [-0.2, -0.15) is 8.78 Å². The Balaban J connectivity index is 1.52. The summed E-state index contributed by atoms with van der Waals surface area (Å²) in [6.07, 6.45) is -3.25. The standard InChI is InChI=1S/C22H20F2N2O3/c23-22(24)6-5-14-1-2-16(12-20(14)29-22)19-11-15-3-4-17(13-18(15)21(27)28-19)26-9-7-25-8-10-26/h1-4,11-13,25H,5-10H2. The Labute approximate surface area is 165 Å². The van der Waals surface area contributed by atoms with Gasteiger partial charge in [-0.15, -0.1) is 0 Å². The highest BCUT2D eigenvalue weighted by Gasteiger charge is 2.36. The summed E-state index contributed by atoms with van der Waals surface area (Å²) < 4.78 is 37.5. The number of anilines is 1. The van der Waals surface area contributed by atoms with E-state index < -0.39 is 11.7 Å². The first-order valence-corrected chi connectivity index (χ1v) is 9.72. The number of hydrogen-bond acceptors (Lipinski definition) is 5. The highest BCUT2D eigenvalue weighted by Crippen LogP contribution is 2.38. The van der Waals surface area contributed by atoms with Gasteiger partial charge >= 0.3 is 11.7 Å². The SMILES string of the molecule is O=c1oc(-c2ccc3c(c2)OC(F)(F)CC3)cc2ccc(N3CCNCC3)cc12. The summed E-state index contributed by atoms with van der Waals surface area (Å²) in [5, 5.41) is 4.56. The molecule has 3 heterocycles. The van der Waals surface area contributed by atoms with Crippen LogP contribution in [-0.4, -0.2) is 32.3 Å². The minimum Gasteiger partial charge on any atom is -0.432 e. The molecule has 5 rings (SSSR count). The number of aryl methyl sites for hydroxylation is 1. The van der Waals surface area contributed by atoms with Gasteiger partial charge in [0.1, 0.15) is 11.5 Å². The molecule has 0 spiro atoms. The Hall–Kier alpha value is -2.93. The first-order chi connectivity index (χ1) is 14.0. The van der Waals surface area contributed by atoms with Gasteiger partial charge in [0.05, 0.1) is 11.8 Å². The molecular weight excluding hydrogens is 378 g/mol. The number of rotatable bonds is 2. The van der Waals surface area contributed by atoms with Gasteiger partial charge in [-0.1, -0.05) is 18.2 Å². The van der Waals surface area contributed by atoms with Crippen molar-refractivity contribution in [2.45, 2.75) is 19.0 Å². The first kappa shape index (κ1) is 18.1. The van der Waals surface area contributed by atoms with E-state index in [1.807, 2.05) is 18.2 Å². The molecule has 1 fully saturated rings. The van der Waals surface area contributed by atoms with Crippen molar-refractivity contribution in [3.8, 4) is 17.1 Å². The fraction of sp³-hybridized carbons (Fsp3) is 0.318. The Kier molecular flexibility index (Phi) is 4.28. The molecule has 0 amide bonds. The Bertz CT molecular complexity index is 1140. The van der Waals surface area contributed by atoms with Gasteiger partial charge in [-0.3, -0.25) is 0 Å². The second-order valence-corrected chi connectivity index (χ2v) is 7.47. The van der Waals surface area contributed by atoms with Crippen LogP contribution in [0.2, 0.25) is 0 Å². The number of piperazine rings is 1. The van der Waals surface area contributed by atoms with Crippen LogP contribution < -0.4 is 20.6 Å². The molecule has 0 bridgehead atoms. The van der Waals surface area contributed by atoms with Gasteiger partial charge in [0.25, 0.3) is 0 Å². The molecule has 150 valence electrons. The van der Waals surface area contributed by atoms with Crippen molar-refractivity contribution >= 4 is 16.5 Å². The highest BCUT2D eigenvalue weighted by atomic mass is 19.3.